The van der Waals surface area contributed by atoms with Crippen LogP contribution in [0.4, 0.5) is 5.69 Å². The average molecular weight is 355 g/mol. The molecule has 3 rings (SSSR count). The number of methoxy groups -OCH3 is 1. The average Bonchev–Trinajstić information content (AvgIpc) is 3.09. The molecule has 1 aromatic heterocycles. The van der Waals surface area contributed by atoms with Gasteiger partial charge in [0.1, 0.15) is 11.6 Å². The van der Waals surface area contributed by atoms with E-state index in [1.54, 1.807) is 25.1 Å². The third-order valence-corrected chi connectivity index (χ3v) is 4.06. The van der Waals surface area contributed by atoms with Crippen molar-refractivity contribution in [2.24, 2.45) is 4.99 Å². The fraction of sp³-hybridized carbons (Fsp3) is 0.278. The minimum absolute atomic E-state index is 0.0361. The van der Waals surface area contributed by atoms with Crippen molar-refractivity contribution in [3.05, 3.63) is 45.2 Å². The summed E-state index contributed by atoms with van der Waals surface area (Å²) in [6.45, 7) is 2.11. The highest BCUT2D eigenvalue weighted by Gasteiger charge is 2.18. The molecule has 0 atom stereocenters. The van der Waals surface area contributed by atoms with Crippen molar-refractivity contribution in [2.45, 2.75) is 13.5 Å². The number of pyridine rings is 1. The topological polar surface area (TPSA) is 106 Å². The zero-order valence-corrected chi connectivity index (χ0v) is 14.4. The van der Waals surface area contributed by atoms with Crippen molar-refractivity contribution in [1.29, 1.82) is 5.26 Å². The SMILES string of the molecule is COCCn1c(O)c(C=Nc2ccc3c(c2)OCO3)c(C)c(C#N)c1=O. The van der Waals surface area contributed by atoms with Gasteiger partial charge in [0.25, 0.3) is 5.56 Å². The first-order valence-electron chi connectivity index (χ1n) is 7.86. The lowest BCUT2D eigenvalue weighted by Gasteiger charge is -2.13. The molecule has 0 unspecified atom stereocenters. The molecule has 0 spiro atoms. The fourth-order valence-electron chi connectivity index (χ4n) is 2.62. The number of ether oxygens (including phenoxy) is 3. The summed E-state index contributed by atoms with van der Waals surface area (Å²) in [5.41, 5.74) is 0.662. The van der Waals surface area contributed by atoms with Crippen molar-refractivity contribution in [3.63, 3.8) is 0 Å². The van der Waals surface area contributed by atoms with Crippen LogP contribution in [0.3, 0.4) is 0 Å². The summed E-state index contributed by atoms with van der Waals surface area (Å²) in [4.78, 5) is 16.7. The second-order valence-corrected chi connectivity index (χ2v) is 5.59. The summed E-state index contributed by atoms with van der Waals surface area (Å²) in [7, 11) is 1.49. The molecule has 134 valence electrons. The maximum absolute atomic E-state index is 12.4. The Kier molecular flexibility index (Phi) is 4.91. The monoisotopic (exact) mass is 355 g/mol. The van der Waals surface area contributed by atoms with Gasteiger partial charge in [0, 0.05) is 19.4 Å². The molecule has 2 heterocycles. The molecule has 8 nitrogen and oxygen atoms in total. The first-order chi connectivity index (χ1) is 12.6. The number of hydrogen-bond acceptors (Lipinski definition) is 7. The number of benzene rings is 1. The summed E-state index contributed by atoms with van der Waals surface area (Å²) in [6.07, 6.45) is 1.42. The molecule has 1 aliphatic rings. The van der Waals surface area contributed by atoms with Crippen molar-refractivity contribution < 1.29 is 19.3 Å². The van der Waals surface area contributed by atoms with Gasteiger partial charge in [-0.15, -0.1) is 0 Å². The smallest absolute Gasteiger partial charge is 0.271 e. The van der Waals surface area contributed by atoms with Crippen LogP contribution >= 0.6 is 0 Å². The molecule has 8 heteroatoms. The van der Waals surface area contributed by atoms with Crippen LogP contribution in [0, 0.1) is 18.3 Å². The molecule has 0 radical (unpaired) electrons. The normalized spacial score (nSPS) is 12.5. The molecule has 2 aromatic rings. The molecule has 0 amide bonds. The molecular formula is C18H17N3O5. The van der Waals surface area contributed by atoms with E-state index in [-0.39, 0.29) is 31.4 Å². The number of nitriles is 1. The lowest BCUT2D eigenvalue weighted by Crippen LogP contribution is -2.26. The largest absolute Gasteiger partial charge is 0.494 e. The molecule has 1 N–H and O–H groups in total. The van der Waals surface area contributed by atoms with Crippen LogP contribution in [0.2, 0.25) is 0 Å². The maximum Gasteiger partial charge on any atom is 0.271 e. The fourth-order valence-corrected chi connectivity index (χ4v) is 2.62. The Morgan fingerprint density at radius 3 is 2.92 bits per heavy atom. The van der Waals surface area contributed by atoms with Gasteiger partial charge in [-0.2, -0.15) is 5.26 Å². The van der Waals surface area contributed by atoms with E-state index in [9.17, 15) is 15.2 Å². The van der Waals surface area contributed by atoms with E-state index in [2.05, 4.69) is 4.99 Å². The third-order valence-electron chi connectivity index (χ3n) is 4.06. The Balaban J connectivity index is 2.04. The lowest BCUT2D eigenvalue weighted by atomic mass is 10.1. The van der Waals surface area contributed by atoms with Crippen LogP contribution in [0.1, 0.15) is 16.7 Å². The first-order valence-corrected chi connectivity index (χ1v) is 7.86. The molecule has 0 saturated carbocycles. The predicted molar refractivity (Wildman–Crippen MR) is 93.5 cm³/mol. The molecule has 1 aliphatic heterocycles. The van der Waals surface area contributed by atoms with Gasteiger partial charge in [-0.05, 0) is 24.6 Å². The van der Waals surface area contributed by atoms with Crippen LogP contribution in [-0.4, -0.2) is 36.4 Å². The highest BCUT2D eigenvalue weighted by molar-refractivity contribution is 5.87. The second kappa shape index (κ2) is 7.29. The van der Waals surface area contributed by atoms with E-state index in [0.29, 0.717) is 28.3 Å². The summed E-state index contributed by atoms with van der Waals surface area (Å²) < 4.78 is 16.6. The van der Waals surface area contributed by atoms with Crippen LogP contribution in [0.25, 0.3) is 0 Å². The summed E-state index contributed by atoms with van der Waals surface area (Å²) in [5.74, 6) is 0.972. The molecular weight excluding hydrogens is 338 g/mol. The van der Waals surface area contributed by atoms with Gasteiger partial charge >= 0.3 is 0 Å². The Morgan fingerprint density at radius 1 is 1.42 bits per heavy atom. The number of fused-ring (bicyclic) bond motifs is 1. The van der Waals surface area contributed by atoms with Gasteiger partial charge in [0.2, 0.25) is 12.7 Å². The number of hydrogen-bond donors (Lipinski definition) is 1. The molecule has 0 aliphatic carbocycles. The number of aliphatic imine (C=N–C) groups is 1. The van der Waals surface area contributed by atoms with Crippen LogP contribution in [0.15, 0.2) is 28.0 Å². The van der Waals surface area contributed by atoms with Crippen LogP contribution in [-0.2, 0) is 11.3 Å². The van der Waals surface area contributed by atoms with Gasteiger partial charge < -0.3 is 19.3 Å². The maximum atomic E-state index is 12.4. The van der Waals surface area contributed by atoms with Gasteiger partial charge in [-0.3, -0.25) is 14.4 Å². The van der Waals surface area contributed by atoms with E-state index in [1.165, 1.54) is 13.3 Å². The van der Waals surface area contributed by atoms with Gasteiger partial charge in [-0.25, -0.2) is 0 Å². The highest BCUT2D eigenvalue weighted by Crippen LogP contribution is 2.35. The lowest BCUT2D eigenvalue weighted by molar-refractivity contribution is 0.174. The number of nitrogens with zero attached hydrogens (tertiary/aromatic N) is 3. The number of aromatic hydroxyl groups is 1. The van der Waals surface area contributed by atoms with E-state index < -0.39 is 5.56 Å². The summed E-state index contributed by atoms with van der Waals surface area (Å²) in [6, 6.07) is 7.08. The van der Waals surface area contributed by atoms with E-state index >= 15 is 0 Å². The van der Waals surface area contributed by atoms with Gasteiger partial charge in [0.05, 0.1) is 24.4 Å². The highest BCUT2D eigenvalue weighted by atomic mass is 16.7. The Bertz CT molecular complexity index is 972. The quantitative estimate of drug-likeness (QED) is 0.821. The van der Waals surface area contributed by atoms with Crippen molar-refractivity contribution in [2.75, 3.05) is 20.5 Å². The van der Waals surface area contributed by atoms with E-state index in [0.717, 1.165) is 4.57 Å². The minimum atomic E-state index is -0.556. The zero-order valence-electron chi connectivity index (χ0n) is 14.4. The first kappa shape index (κ1) is 17.5. The Labute approximate surface area is 149 Å². The third kappa shape index (κ3) is 3.12. The minimum Gasteiger partial charge on any atom is -0.494 e. The Morgan fingerprint density at radius 2 is 2.19 bits per heavy atom. The molecule has 0 fully saturated rings. The molecule has 26 heavy (non-hydrogen) atoms. The molecule has 0 saturated heterocycles. The van der Waals surface area contributed by atoms with E-state index in [4.69, 9.17) is 14.2 Å². The van der Waals surface area contributed by atoms with Crippen molar-refractivity contribution >= 4 is 11.9 Å². The van der Waals surface area contributed by atoms with E-state index in [1.807, 2.05) is 6.07 Å². The van der Waals surface area contributed by atoms with Gasteiger partial charge in [-0.1, -0.05) is 0 Å². The zero-order chi connectivity index (χ0) is 18.7. The standard InChI is InChI=1S/C18H17N3O5/c1-11-13(8-19)17(22)21(5-6-24-2)18(23)14(11)9-20-12-3-4-15-16(7-12)26-10-25-15/h3-4,7,9,23H,5-6,10H2,1-2H3. The predicted octanol–water partition coefficient (Wildman–Crippen LogP) is 1.86. The summed E-state index contributed by atoms with van der Waals surface area (Å²) >= 11 is 0. The molecule has 1 aromatic carbocycles. The van der Waals surface area contributed by atoms with Crippen molar-refractivity contribution in [3.8, 4) is 23.4 Å². The Hall–Kier alpha value is -3.31. The van der Waals surface area contributed by atoms with Crippen molar-refractivity contribution in [1.82, 2.24) is 4.57 Å². The van der Waals surface area contributed by atoms with Crippen LogP contribution in [0.5, 0.6) is 17.4 Å². The number of rotatable bonds is 5. The molecule has 0 bridgehead atoms. The number of aromatic nitrogens is 1. The van der Waals surface area contributed by atoms with Gasteiger partial charge in [0.15, 0.2) is 11.5 Å². The summed E-state index contributed by atoms with van der Waals surface area (Å²) in [5, 5.41) is 19.8. The van der Waals surface area contributed by atoms with Crippen LogP contribution < -0.4 is 15.0 Å². The second-order valence-electron chi connectivity index (χ2n) is 5.59.